The molecule has 1 saturated carbocycles. The van der Waals surface area contributed by atoms with Crippen LogP contribution in [0.3, 0.4) is 0 Å². The van der Waals surface area contributed by atoms with Crippen molar-refractivity contribution in [3.8, 4) is 0 Å². The number of carbonyl (C=O) groups excluding carboxylic acids is 1. The summed E-state index contributed by atoms with van der Waals surface area (Å²) in [7, 11) is 0. The summed E-state index contributed by atoms with van der Waals surface area (Å²) < 4.78 is 2.01. The Morgan fingerprint density at radius 1 is 1.22 bits per heavy atom. The Morgan fingerprint density at radius 2 is 2.04 bits per heavy atom. The van der Waals surface area contributed by atoms with E-state index in [0.29, 0.717) is 23.7 Å². The number of aromatic nitrogens is 2. The first-order chi connectivity index (χ1) is 11.1. The van der Waals surface area contributed by atoms with E-state index in [9.17, 15) is 4.79 Å². The topological polar surface area (TPSA) is 41.4 Å². The summed E-state index contributed by atoms with van der Waals surface area (Å²) in [6.07, 6.45) is 10.2. The molecule has 126 valence electrons. The molecule has 1 aromatic heterocycles. The van der Waals surface area contributed by atoms with Crippen LogP contribution in [0, 0.1) is 5.92 Å². The first-order valence-electron chi connectivity index (χ1n) is 9.22. The number of hydrogen-bond acceptors (Lipinski definition) is 3. The minimum absolute atomic E-state index is 0.117. The van der Waals surface area contributed by atoms with E-state index >= 15 is 0 Å². The standard InChI is InChI=1S/C18H28N4O/c1-13(2)21-11-16(19-12-21)18(23)20-9-7-17-14(10-20)4-3-8-22(17)15-5-6-15/h11-15,17H,3-10H2,1-2H3/t14-,17-/m0/s1. The maximum atomic E-state index is 12.8. The average molecular weight is 316 g/mol. The molecule has 2 atom stereocenters. The van der Waals surface area contributed by atoms with Crippen molar-refractivity contribution in [1.82, 2.24) is 19.4 Å². The lowest BCUT2D eigenvalue weighted by Crippen LogP contribution is -2.55. The second-order valence-electron chi connectivity index (χ2n) is 7.78. The predicted octanol–water partition coefficient (Wildman–Crippen LogP) is 2.55. The third-order valence-electron chi connectivity index (χ3n) is 5.83. The van der Waals surface area contributed by atoms with Crippen molar-refractivity contribution < 1.29 is 4.79 Å². The van der Waals surface area contributed by atoms with Gasteiger partial charge in [-0.1, -0.05) is 0 Å². The molecule has 0 spiro atoms. The average Bonchev–Trinajstić information content (AvgIpc) is 3.28. The largest absolute Gasteiger partial charge is 0.337 e. The Labute approximate surface area is 138 Å². The van der Waals surface area contributed by atoms with Crippen LogP contribution in [0.2, 0.25) is 0 Å². The number of hydrogen-bond donors (Lipinski definition) is 0. The van der Waals surface area contributed by atoms with E-state index in [0.717, 1.165) is 25.6 Å². The molecule has 5 heteroatoms. The fraction of sp³-hybridized carbons (Fsp3) is 0.778. The van der Waals surface area contributed by atoms with E-state index in [2.05, 4.69) is 23.7 Å². The van der Waals surface area contributed by atoms with Crippen LogP contribution in [0.4, 0.5) is 0 Å². The van der Waals surface area contributed by atoms with Gasteiger partial charge in [-0.15, -0.1) is 0 Å². The number of piperidine rings is 2. The molecule has 0 N–H and O–H groups in total. The zero-order chi connectivity index (χ0) is 16.0. The molecule has 3 aliphatic rings. The van der Waals surface area contributed by atoms with Gasteiger partial charge in [0, 0.05) is 37.4 Å². The molecule has 0 aromatic carbocycles. The molecular formula is C18H28N4O. The highest BCUT2D eigenvalue weighted by Gasteiger charge is 2.42. The van der Waals surface area contributed by atoms with Gasteiger partial charge in [-0.25, -0.2) is 4.98 Å². The molecule has 0 radical (unpaired) electrons. The van der Waals surface area contributed by atoms with E-state index < -0.39 is 0 Å². The van der Waals surface area contributed by atoms with Crippen LogP contribution in [0.1, 0.15) is 62.5 Å². The van der Waals surface area contributed by atoms with Crippen molar-refractivity contribution in [3.05, 3.63) is 18.2 Å². The van der Waals surface area contributed by atoms with Crippen molar-refractivity contribution in [2.45, 2.75) is 64.1 Å². The lowest BCUT2D eigenvalue weighted by atomic mass is 9.83. The predicted molar refractivity (Wildman–Crippen MR) is 89.4 cm³/mol. The Balaban J connectivity index is 1.43. The van der Waals surface area contributed by atoms with Crippen molar-refractivity contribution in [1.29, 1.82) is 0 Å². The van der Waals surface area contributed by atoms with Gasteiger partial charge >= 0.3 is 0 Å². The Morgan fingerprint density at radius 3 is 2.74 bits per heavy atom. The highest BCUT2D eigenvalue weighted by molar-refractivity contribution is 5.92. The second kappa shape index (κ2) is 5.93. The summed E-state index contributed by atoms with van der Waals surface area (Å²) in [6.45, 7) is 7.30. The summed E-state index contributed by atoms with van der Waals surface area (Å²) >= 11 is 0. The van der Waals surface area contributed by atoms with Gasteiger partial charge in [0.2, 0.25) is 0 Å². The minimum atomic E-state index is 0.117. The molecule has 3 fully saturated rings. The zero-order valence-corrected chi connectivity index (χ0v) is 14.3. The van der Waals surface area contributed by atoms with Gasteiger partial charge in [0.15, 0.2) is 0 Å². The van der Waals surface area contributed by atoms with E-state index in [1.165, 1.54) is 32.2 Å². The van der Waals surface area contributed by atoms with Crippen LogP contribution in [0.25, 0.3) is 0 Å². The molecule has 23 heavy (non-hydrogen) atoms. The fourth-order valence-electron chi connectivity index (χ4n) is 4.38. The molecule has 0 unspecified atom stereocenters. The van der Waals surface area contributed by atoms with Crippen molar-refractivity contribution >= 4 is 5.91 Å². The molecule has 1 aromatic rings. The fourth-order valence-corrected chi connectivity index (χ4v) is 4.38. The lowest BCUT2D eigenvalue weighted by molar-refractivity contribution is 0.0172. The molecule has 3 heterocycles. The van der Waals surface area contributed by atoms with E-state index in [4.69, 9.17) is 0 Å². The first kappa shape index (κ1) is 15.2. The third-order valence-corrected chi connectivity index (χ3v) is 5.83. The van der Waals surface area contributed by atoms with Gasteiger partial charge in [-0.3, -0.25) is 9.69 Å². The van der Waals surface area contributed by atoms with Crippen LogP contribution >= 0.6 is 0 Å². The smallest absolute Gasteiger partial charge is 0.274 e. The van der Waals surface area contributed by atoms with Crippen molar-refractivity contribution in [2.24, 2.45) is 5.92 Å². The quantitative estimate of drug-likeness (QED) is 0.860. The highest BCUT2D eigenvalue weighted by atomic mass is 16.2. The summed E-state index contributed by atoms with van der Waals surface area (Å²) in [5.41, 5.74) is 0.604. The van der Waals surface area contributed by atoms with E-state index in [-0.39, 0.29) is 5.91 Å². The molecule has 5 nitrogen and oxygen atoms in total. The molecule has 0 bridgehead atoms. The Kier molecular flexibility index (Phi) is 3.92. The number of amides is 1. The molecule has 2 aliphatic heterocycles. The molecule has 1 aliphatic carbocycles. The molecule has 4 rings (SSSR count). The zero-order valence-electron chi connectivity index (χ0n) is 14.3. The van der Waals surface area contributed by atoms with Crippen LogP contribution < -0.4 is 0 Å². The normalized spacial score (nSPS) is 28.9. The van der Waals surface area contributed by atoms with Gasteiger partial charge in [0.1, 0.15) is 5.69 Å². The summed E-state index contributed by atoms with van der Waals surface area (Å²) in [4.78, 5) is 21.9. The van der Waals surface area contributed by atoms with Crippen LogP contribution in [0.15, 0.2) is 12.5 Å². The number of likely N-dealkylation sites (tertiary alicyclic amines) is 2. The van der Waals surface area contributed by atoms with Gasteiger partial charge in [-0.05, 0) is 58.4 Å². The molecule has 1 amide bonds. The maximum Gasteiger partial charge on any atom is 0.274 e. The van der Waals surface area contributed by atoms with Gasteiger partial charge in [0.05, 0.1) is 6.33 Å². The Hall–Kier alpha value is -1.36. The lowest BCUT2D eigenvalue weighted by Gasteiger charge is -2.47. The van der Waals surface area contributed by atoms with Gasteiger partial charge in [0.25, 0.3) is 5.91 Å². The molecule has 2 saturated heterocycles. The third kappa shape index (κ3) is 2.91. The van der Waals surface area contributed by atoms with E-state index in [1.807, 2.05) is 15.7 Å². The monoisotopic (exact) mass is 316 g/mol. The molecular weight excluding hydrogens is 288 g/mol. The van der Waals surface area contributed by atoms with Crippen LogP contribution in [-0.2, 0) is 0 Å². The minimum Gasteiger partial charge on any atom is -0.337 e. The summed E-state index contributed by atoms with van der Waals surface area (Å²) in [6, 6.07) is 1.92. The Bertz CT molecular complexity index is 577. The number of imidazole rings is 1. The van der Waals surface area contributed by atoms with Crippen molar-refractivity contribution in [3.63, 3.8) is 0 Å². The van der Waals surface area contributed by atoms with E-state index in [1.54, 1.807) is 6.33 Å². The number of rotatable bonds is 3. The SMILES string of the molecule is CC(C)n1cnc(C(=O)N2CC[C@H]3[C@@H](CCCN3C3CC3)C2)c1. The number of fused-ring (bicyclic) bond motifs is 1. The highest BCUT2D eigenvalue weighted by Crippen LogP contribution is 2.38. The first-order valence-corrected chi connectivity index (χ1v) is 9.22. The maximum absolute atomic E-state index is 12.8. The summed E-state index contributed by atoms with van der Waals surface area (Å²) in [5.74, 6) is 0.778. The van der Waals surface area contributed by atoms with Crippen LogP contribution in [0.5, 0.6) is 0 Å². The van der Waals surface area contributed by atoms with Gasteiger partial charge in [-0.2, -0.15) is 0 Å². The summed E-state index contributed by atoms with van der Waals surface area (Å²) in [5, 5.41) is 0. The van der Waals surface area contributed by atoms with Gasteiger partial charge < -0.3 is 9.47 Å². The second-order valence-corrected chi connectivity index (χ2v) is 7.78. The number of carbonyl (C=O) groups is 1. The number of nitrogens with zero attached hydrogens (tertiary/aromatic N) is 4. The van der Waals surface area contributed by atoms with Crippen molar-refractivity contribution in [2.75, 3.05) is 19.6 Å². The van der Waals surface area contributed by atoms with Crippen LogP contribution in [-0.4, -0.2) is 57.0 Å².